The van der Waals surface area contributed by atoms with E-state index in [1.54, 1.807) is 44.6 Å². The molecule has 0 fully saturated rings. The highest BCUT2D eigenvalue weighted by Crippen LogP contribution is 2.30. The first kappa shape index (κ1) is 26.3. The second-order valence-electron chi connectivity index (χ2n) is 8.78. The second kappa shape index (κ2) is 12.5. The van der Waals surface area contributed by atoms with E-state index in [0.717, 1.165) is 17.5 Å². The van der Waals surface area contributed by atoms with E-state index in [9.17, 15) is 9.59 Å². The predicted octanol–water partition coefficient (Wildman–Crippen LogP) is 5.37. The fourth-order valence-corrected chi connectivity index (χ4v) is 4.12. The Morgan fingerprint density at radius 1 is 1.00 bits per heavy atom. The van der Waals surface area contributed by atoms with Gasteiger partial charge in [-0.2, -0.15) is 0 Å². The van der Waals surface area contributed by atoms with Gasteiger partial charge in [0.15, 0.2) is 0 Å². The number of rotatable bonds is 9. The molecule has 0 heterocycles. The molecule has 1 aliphatic carbocycles. The summed E-state index contributed by atoms with van der Waals surface area (Å²) in [7, 11) is 3.19. The Bertz CT molecular complexity index is 1390. The number of carbonyl (C=O) groups is 2. The average Bonchev–Trinajstić information content (AvgIpc) is 2.96. The highest BCUT2D eigenvalue weighted by atomic mass is 16.5. The van der Waals surface area contributed by atoms with Crippen LogP contribution in [0.4, 0.5) is 11.4 Å². The zero-order chi connectivity index (χ0) is 26.9. The molecule has 1 atom stereocenters. The number of hydrogen-bond acceptors (Lipinski definition) is 5. The van der Waals surface area contributed by atoms with Gasteiger partial charge in [-0.25, -0.2) is 0 Å². The monoisotopic (exact) mass is 509 g/mol. The molecule has 0 radical (unpaired) electrons. The van der Waals surface area contributed by atoms with Gasteiger partial charge in [0.1, 0.15) is 11.5 Å². The van der Waals surface area contributed by atoms with Crippen molar-refractivity contribution in [1.82, 2.24) is 5.32 Å². The van der Waals surface area contributed by atoms with Crippen molar-refractivity contribution < 1.29 is 19.1 Å². The van der Waals surface area contributed by atoms with Gasteiger partial charge in [-0.3, -0.25) is 9.59 Å². The van der Waals surface area contributed by atoms with Crippen molar-refractivity contribution in [3.63, 3.8) is 0 Å². The Hall–Kier alpha value is -4.78. The number of para-hydroxylation sites is 2. The Labute approximate surface area is 222 Å². The first-order chi connectivity index (χ1) is 18.5. The third kappa shape index (κ3) is 6.50. The van der Waals surface area contributed by atoms with Gasteiger partial charge >= 0.3 is 0 Å². The standard InChI is InChI=1S/C31H31N3O4/c1-37-25-17-16-24(29(19-25)38-2)18-26(22-8-4-3-5-9-22)31(36)33-20-21-12-14-23(15-13-21)30(35)34-28-11-7-6-10-27(28)32/h3-8,10-19,22H,9,20,32H2,1-2H3,(H,33,36)(H,34,35)/b26-18+. The number of methoxy groups -OCH3 is 2. The SMILES string of the molecule is COc1ccc(/C=C(/C(=O)NCc2ccc(C(=O)Nc3ccccc3N)cc2)C2C=CC=CC2)c(OC)c1. The Morgan fingerprint density at radius 3 is 2.47 bits per heavy atom. The second-order valence-corrected chi connectivity index (χ2v) is 8.78. The van der Waals surface area contributed by atoms with Crippen molar-refractivity contribution in [2.75, 3.05) is 25.3 Å². The lowest BCUT2D eigenvalue weighted by molar-refractivity contribution is -0.118. The van der Waals surface area contributed by atoms with Crippen LogP contribution in [0.5, 0.6) is 11.5 Å². The van der Waals surface area contributed by atoms with E-state index in [0.29, 0.717) is 40.6 Å². The lowest BCUT2D eigenvalue weighted by Gasteiger charge is -2.18. The predicted molar refractivity (Wildman–Crippen MR) is 151 cm³/mol. The van der Waals surface area contributed by atoms with Crippen LogP contribution in [0.1, 0.15) is 27.9 Å². The molecule has 0 aliphatic heterocycles. The summed E-state index contributed by atoms with van der Waals surface area (Å²) in [5, 5.41) is 5.84. The number of ether oxygens (including phenoxy) is 2. The molecule has 7 nitrogen and oxygen atoms in total. The molecule has 0 spiro atoms. The number of benzene rings is 3. The summed E-state index contributed by atoms with van der Waals surface area (Å²) in [6.07, 6.45) is 10.6. The first-order valence-corrected chi connectivity index (χ1v) is 12.3. The Morgan fingerprint density at radius 2 is 1.79 bits per heavy atom. The molecular weight excluding hydrogens is 478 g/mol. The van der Waals surface area contributed by atoms with Crippen LogP contribution in [-0.4, -0.2) is 26.0 Å². The molecule has 0 bridgehead atoms. The summed E-state index contributed by atoms with van der Waals surface area (Å²) < 4.78 is 10.8. The third-order valence-corrected chi connectivity index (χ3v) is 6.27. The normalized spacial score (nSPS) is 14.6. The number of nitrogens with two attached hydrogens (primary N) is 1. The maximum absolute atomic E-state index is 13.4. The molecule has 7 heteroatoms. The topological polar surface area (TPSA) is 103 Å². The fourth-order valence-electron chi connectivity index (χ4n) is 4.12. The van der Waals surface area contributed by atoms with E-state index < -0.39 is 0 Å². The number of anilines is 2. The van der Waals surface area contributed by atoms with E-state index >= 15 is 0 Å². The van der Waals surface area contributed by atoms with Gasteiger partial charge in [0, 0.05) is 35.2 Å². The molecule has 1 unspecified atom stereocenters. The van der Waals surface area contributed by atoms with Crippen LogP contribution in [0.25, 0.3) is 6.08 Å². The van der Waals surface area contributed by atoms with Crippen LogP contribution >= 0.6 is 0 Å². The fraction of sp³-hybridized carbons (Fsp3) is 0.161. The summed E-state index contributed by atoms with van der Waals surface area (Å²) in [5.41, 5.74) is 9.76. The minimum absolute atomic E-state index is 0.0664. The molecular formula is C31H31N3O4. The van der Waals surface area contributed by atoms with Crippen LogP contribution in [0.15, 0.2) is 96.6 Å². The molecule has 3 aromatic rings. The van der Waals surface area contributed by atoms with Crippen molar-refractivity contribution >= 4 is 29.3 Å². The van der Waals surface area contributed by atoms with E-state index in [4.69, 9.17) is 15.2 Å². The van der Waals surface area contributed by atoms with E-state index in [1.807, 2.05) is 66.8 Å². The largest absolute Gasteiger partial charge is 0.497 e. The molecule has 194 valence electrons. The summed E-state index contributed by atoms with van der Waals surface area (Å²) >= 11 is 0. The highest BCUT2D eigenvalue weighted by molar-refractivity contribution is 6.05. The first-order valence-electron chi connectivity index (χ1n) is 12.3. The van der Waals surface area contributed by atoms with Crippen LogP contribution < -0.4 is 25.8 Å². The number of hydrogen-bond donors (Lipinski definition) is 3. The van der Waals surface area contributed by atoms with E-state index in [-0.39, 0.29) is 17.7 Å². The number of nitrogen functional groups attached to an aromatic ring is 1. The summed E-state index contributed by atoms with van der Waals surface area (Å²) in [5.74, 6) is 0.803. The molecule has 3 aromatic carbocycles. The zero-order valence-corrected chi connectivity index (χ0v) is 21.4. The molecule has 4 rings (SSSR count). The minimum atomic E-state index is -0.255. The van der Waals surface area contributed by atoms with E-state index in [1.165, 1.54) is 0 Å². The van der Waals surface area contributed by atoms with Gasteiger partial charge in [-0.15, -0.1) is 0 Å². The molecule has 1 aliphatic rings. The van der Waals surface area contributed by atoms with Crippen molar-refractivity contribution in [2.24, 2.45) is 5.92 Å². The smallest absolute Gasteiger partial charge is 0.255 e. The molecule has 0 aromatic heterocycles. The highest BCUT2D eigenvalue weighted by Gasteiger charge is 2.20. The summed E-state index contributed by atoms with van der Waals surface area (Å²) in [4.78, 5) is 26.0. The molecule has 0 saturated heterocycles. The number of nitrogens with one attached hydrogen (secondary N) is 2. The quantitative estimate of drug-likeness (QED) is 0.266. The van der Waals surface area contributed by atoms with Gasteiger partial charge in [0.25, 0.3) is 5.91 Å². The van der Waals surface area contributed by atoms with Crippen molar-refractivity contribution in [2.45, 2.75) is 13.0 Å². The Balaban J connectivity index is 1.47. The molecule has 38 heavy (non-hydrogen) atoms. The summed E-state index contributed by atoms with van der Waals surface area (Å²) in [6.45, 7) is 0.315. The number of allylic oxidation sites excluding steroid dienone is 4. The Kier molecular flexibility index (Phi) is 8.61. The van der Waals surface area contributed by atoms with Gasteiger partial charge in [0.05, 0.1) is 25.6 Å². The van der Waals surface area contributed by atoms with Gasteiger partial charge in [-0.1, -0.05) is 48.6 Å². The van der Waals surface area contributed by atoms with Crippen molar-refractivity contribution in [3.05, 3.63) is 113 Å². The van der Waals surface area contributed by atoms with Crippen LogP contribution in [-0.2, 0) is 11.3 Å². The molecule has 2 amide bonds. The maximum Gasteiger partial charge on any atom is 0.255 e. The number of carbonyl (C=O) groups excluding carboxylic acids is 2. The molecule has 4 N–H and O–H groups in total. The lowest BCUT2D eigenvalue weighted by atomic mass is 9.90. The van der Waals surface area contributed by atoms with Gasteiger partial charge in [0.2, 0.25) is 5.91 Å². The summed E-state index contributed by atoms with van der Waals surface area (Å²) in [6, 6.07) is 19.7. The van der Waals surface area contributed by atoms with Crippen molar-refractivity contribution in [1.29, 1.82) is 0 Å². The average molecular weight is 510 g/mol. The third-order valence-electron chi connectivity index (χ3n) is 6.27. The molecule has 0 saturated carbocycles. The zero-order valence-electron chi connectivity index (χ0n) is 21.4. The van der Waals surface area contributed by atoms with Gasteiger partial charge in [-0.05, 0) is 54.5 Å². The van der Waals surface area contributed by atoms with Gasteiger partial charge < -0.3 is 25.8 Å². The van der Waals surface area contributed by atoms with Crippen LogP contribution in [0.3, 0.4) is 0 Å². The van der Waals surface area contributed by atoms with Crippen LogP contribution in [0.2, 0.25) is 0 Å². The van der Waals surface area contributed by atoms with Crippen molar-refractivity contribution in [3.8, 4) is 11.5 Å². The number of amides is 2. The lowest BCUT2D eigenvalue weighted by Crippen LogP contribution is -2.27. The van der Waals surface area contributed by atoms with E-state index in [2.05, 4.69) is 10.6 Å². The van der Waals surface area contributed by atoms with Crippen LogP contribution in [0, 0.1) is 5.92 Å². The maximum atomic E-state index is 13.4. The minimum Gasteiger partial charge on any atom is -0.497 e.